The molecule has 0 bridgehead atoms. The van der Waals surface area contributed by atoms with E-state index in [0.717, 1.165) is 12.0 Å². The lowest BCUT2D eigenvalue weighted by Crippen LogP contribution is -2.02. The van der Waals surface area contributed by atoms with Gasteiger partial charge in [0.2, 0.25) is 5.56 Å². The lowest BCUT2D eigenvalue weighted by atomic mass is 10.2. The highest BCUT2D eigenvalue weighted by Crippen LogP contribution is 1.91. The van der Waals surface area contributed by atoms with E-state index in [-0.39, 0.29) is 5.56 Å². The summed E-state index contributed by atoms with van der Waals surface area (Å²) in [7, 11) is 0. The van der Waals surface area contributed by atoms with Crippen LogP contribution in [0.1, 0.15) is 12.5 Å². The van der Waals surface area contributed by atoms with Crippen LogP contribution in [0.15, 0.2) is 23.1 Å². The van der Waals surface area contributed by atoms with E-state index >= 15 is 0 Å². The van der Waals surface area contributed by atoms with Crippen molar-refractivity contribution in [3.05, 3.63) is 34.2 Å². The summed E-state index contributed by atoms with van der Waals surface area (Å²) in [5.74, 6) is 0. The Balaban J connectivity index is 0.000000461. The molecule has 0 aliphatic heterocycles. The average molecular weight is 161 g/mol. The maximum absolute atomic E-state index is 10.6. The molecule has 0 saturated heterocycles. The van der Waals surface area contributed by atoms with E-state index < -0.39 is 0 Å². The Morgan fingerprint density at radius 2 is 2.18 bits per heavy atom. The number of halogens is 2. The SMILES string of the molecule is CCc1cc[nH]c(=O)c1.FF. The first-order chi connectivity index (χ1) is 5.33. The van der Waals surface area contributed by atoms with Crippen LogP contribution in [0.25, 0.3) is 0 Å². The Bertz CT molecular complexity index is 246. The van der Waals surface area contributed by atoms with Gasteiger partial charge in [-0.25, -0.2) is 0 Å². The van der Waals surface area contributed by atoms with Gasteiger partial charge in [-0.1, -0.05) is 6.92 Å². The van der Waals surface area contributed by atoms with Gasteiger partial charge in [-0.05, 0) is 18.1 Å². The van der Waals surface area contributed by atoms with Crippen LogP contribution < -0.4 is 5.56 Å². The van der Waals surface area contributed by atoms with Crippen LogP contribution in [0.5, 0.6) is 0 Å². The molecular formula is C7H9F2NO. The van der Waals surface area contributed by atoms with Gasteiger partial charge >= 0.3 is 0 Å². The molecule has 1 aromatic rings. The summed E-state index contributed by atoms with van der Waals surface area (Å²) >= 11 is 0. The average Bonchev–Trinajstić information content (AvgIpc) is 2.08. The minimum atomic E-state index is -0.0191. The molecule has 0 spiro atoms. The molecule has 0 aromatic carbocycles. The molecule has 4 heteroatoms. The molecule has 0 radical (unpaired) electrons. The van der Waals surface area contributed by atoms with Crippen LogP contribution in [0.4, 0.5) is 9.15 Å². The maximum atomic E-state index is 10.6. The van der Waals surface area contributed by atoms with Crippen LogP contribution in [0.2, 0.25) is 0 Å². The van der Waals surface area contributed by atoms with Crippen LogP contribution in [0.3, 0.4) is 0 Å². The molecule has 0 fully saturated rings. The zero-order chi connectivity index (χ0) is 8.69. The van der Waals surface area contributed by atoms with Crippen molar-refractivity contribution in [1.82, 2.24) is 4.98 Å². The normalized spacial score (nSPS) is 8.27. The number of aromatic nitrogens is 1. The number of H-pyrrole nitrogens is 1. The van der Waals surface area contributed by atoms with Gasteiger partial charge in [0.1, 0.15) is 0 Å². The Labute approximate surface area is 62.7 Å². The second-order valence-corrected chi connectivity index (χ2v) is 1.91. The number of aromatic amines is 1. The predicted molar refractivity (Wildman–Crippen MR) is 38.7 cm³/mol. The number of pyridine rings is 1. The Morgan fingerprint density at radius 1 is 1.55 bits per heavy atom. The summed E-state index contributed by atoms with van der Waals surface area (Å²) < 4.78 is 16.0. The summed E-state index contributed by atoms with van der Waals surface area (Å²) in [6.45, 7) is 2.02. The third kappa shape index (κ3) is 3.50. The molecule has 1 aromatic heterocycles. The van der Waals surface area contributed by atoms with E-state index in [2.05, 4.69) is 4.98 Å². The molecule has 0 aliphatic rings. The van der Waals surface area contributed by atoms with Crippen molar-refractivity contribution in [2.45, 2.75) is 13.3 Å². The van der Waals surface area contributed by atoms with Gasteiger partial charge in [-0.15, -0.1) is 0 Å². The van der Waals surface area contributed by atoms with Gasteiger partial charge in [0.25, 0.3) is 0 Å². The van der Waals surface area contributed by atoms with Gasteiger partial charge in [0, 0.05) is 21.4 Å². The minimum Gasteiger partial charge on any atom is -0.329 e. The Kier molecular flexibility index (Phi) is 4.98. The van der Waals surface area contributed by atoms with Crippen molar-refractivity contribution in [3.8, 4) is 0 Å². The van der Waals surface area contributed by atoms with Crippen LogP contribution in [0, 0.1) is 0 Å². The number of hydrogen-bond donors (Lipinski definition) is 1. The lowest BCUT2D eigenvalue weighted by molar-refractivity contribution is 0.108. The fourth-order valence-corrected chi connectivity index (χ4v) is 0.709. The third-order valence-corrected chi connectivity index (χ3v) is 1.25. The van der Waals surface area contributed by atoms with Gasteiger partial charge < -0.3 is 4.98 Å². The van der Waals surface area contributed by atoms with E-state index in [1.165, 1.54) is 0 Å². The second-order valence-electron chi connectivity index (χ2n) is 1.91. The highest BCUT2D eigenvalue weighted by atomic mass is 20.0. The summed E-state index contributed by atoms with van der Waals surface area (Å²) in [6, 6.07) is 3.52. The zero-order valence-corrected chi connectivity index (χ0v) is 6.10. The number of rotatable bonds is 1. The van der Waals surface area contributed by atoms with Crippen molar-refractivity contribution in [2.75, 3.05) is 0 Å². The number of nitrogens with one attached hydrogen (secondary N) is 1. The van der Waals surface area contributed by atoms with Crippen molar-refractivity contribution < 1.29 is 9.15 Å². The predicted octanol–water partition coefficient (Wildman–Crippen LogP) is 1.78. The quantitative estimate of drug-likeness (QED) is 0.669. The molecule has 62 valence electrons. The highest BCUT2D eigenvalue weighted by molar-refractivity contribution is 5.08. The molecular weight excluding hydrogens is 152 g/mol. The Hall–Kier alpha value is -1.19. The summed E-state index contributed by atoms with van der Waals surface area (Å²) in [6.07, 6.45) is 2.59. The molecule has 1 heterocycles. The summed E-state index contributed by atoms with van der Waals surface area (Å²) in [5.41, 5.74) is 1.06. The first-order valence-electron chi connectivity index (χ1n) is 3.15. The molecule has 11 heavy (non-hydrogen) atoms. The monoisotopic (exact) mass is 161 g/mol. The zero-order valence-electron chi connectivity index (χ0n) is 6.10. The molecule has 1 N–H and O–H groups in total. The summed E-state index contributed by atoms with van der Waals surface area (Å²) in [4.78, 5) is 13.1. The van der Waals surface area contributed by atoms with Crippen molar-refractivity contribution >= 4 is 0 Å². The topological polar surface area (TPSA) is 32.9 Å². The minimum absolute atomic E-state index is 0.0191. The van der Waals surface area contributed by atoms with Crippen molar-refractivity contribution in [1.29, 1.82) is 0 Å². The van der Waals surface area contributed by atoms with Crippen LogP contribution >= 0.6 is 0 Å². The molecule has 2 nitrogen and oxygen atoms in total. The van der Waals surface area contributed by atoms with Gasteiger partial charge in [0.15, 0.2) is 0 Å². The second kappa shape index (κ2) is 5.58. The van der Waals surface area contributed by atoms with E-state index in [9.17, 15) is 4.79 Å². The molecule has 0 saturated carbocycles. The van der Waals surface area contributed by atoms with Crippen LogP contribution in [-0.2, 0) is 6.42 Å². The lowest BCUT2D eigenvalue weighted by Gasteiger charge is -1.89. The van der Waals surface area contributed by atoms with E-state index in [4.69, 9.17) is 9.15 Å². The van der Waals surface area contributed by atoms with E-state index in [0.29, 0.717) is 0 Å². The smallest absolute Gasteiger partial charge is 0.248 e. The van der Waals surface area contributed by atoms with Crippen molar-refractivity contribution in [3.63, 3.8) is 0 Å². The van der Waals surface area contributed by atoms with E-state index in [1.54, 1.807) is 12.3 Å². The largest absolute Gasteiger partial charge is 0.329 e. The molecule has 0 unspecified atom stereocenters. The molecule has 0 atom stereocenters. The fourth-order valence-electron chi connectivity index (χ4n) is 0.709. The Morgan fingerprint density at radius 3 is 2.55 bits per heavy atom. The summed E-state index contributed by atoms with van der Waals surface area (Å²) in [5, 5.41) is 0. The van der Waals surface area contributed by atoms with Gasteiger partial charge in [-0.3, -0.25) is 4.79 Å². The van der Waals surface area contributed by atoms with Crippen molar-refractivity contribution in [2.24, 2.45) is 0 Å². The highest BCUT2D eigenvalue weighted by Gasteiger charge is 1.85. The van der Waals surface area contributed by atoms with Gasteiger partial charge in [0.05, 0.1) is 0 Å². The third-order valence-electron chi connectivity index (χ3n) is 1.25. The van der Waals surface area contributed by atoms with E-state index in [1.807, 2.05) is 13.0 Å². The maximum Gasteiger partial charge on any atom is 0.248 e. The first-order valence-corrected chi connectivity index (χ1v) is 3.15. The van der Waals surface area contributed by atoms with Gasteiger partial charge in [-0.2, -0.15) is 0 Å². The molecule has 1 rings (SSSR count). The number of hydrogen-bond acceptors (Lipinski definition) is 1. The van der Waals surface area contributed by atoms with Crippen LogP contribution in [-0.4, -0.2) is 4.98 Å². The molecule has 0 aliphatic carbocycles. The molecule has 0 amide bonds. The number of aryl methyl sites for hydroxylation is 1. The standard InChI is InChI=1S/C7H9NO.F2/c1-2-6-3-4-8-7(9)5-6;1-2/h3-5H,2H2,1H3,(H,8,9);. The fraction of sp³-hybridized carbons (Fsp3) is 0.286. The first kappa shape index (κ1) is 9.81.